The molecule has 31 heavy (non-hydrogen) atoms. The number of benzene rings is 1. The number of carbonyl (C=O) groups excluding carboxylic acids is 1. The van der Waals surface area contributed by atoms with E-state index in [1.54, 1.807) is 42.6 Å². The molecule has 1 atom stereocenters. The van der Waals surface area contributed by atoms with Crippen LogP contribution in [-0.2, 0) is 4.74 Å². The topological polar surface area (TPSA) is 85.1 Å². The molecule has 5 rings (SSSR count). The first-order valence-electron chi connectivity index (χ1n) is 10.3. The number of pyridine rings is 1. The molecule has 1 fully saturated rings. The van der Waals surface area contributed by atoms with Crippen molar-refractivity contribution in [2.75, 3.05) is 46.5 Å². The molecule has 1 amide bonds. The molecule has 0 radical (unpaired) electrons. The van der Waals surface area contributed by atoms with Crippen LogP contribution in [0.25, 0.3) is 11.0 Å². The lowest BCUT2D eigenvalue weighted by Gasteiger charge is -2.30. The van der Waals surface area contributed by atoms with Crippen LogP contribution >= 0.6 is 0 Å². The number of ether oxygens (including phenoxy) is 2. The van der Waals surface area contributed by atoms with E-state index in [1.807, 2.05) is 12.1 Å². The fraction of sp³-hybridized carbons (Fsp3) is 0.348. The van der Waals surface area contributed by atoms with Gasteiger partial charge in [0.05, 0.1) is 37.3 Å². The van der Waals surface area contributed by atoms with Crippen molar-refractivity contribution in [3.63, 3.8) is 0 Å². The van der Waals surface area contributed by atoms with Crippen LogP contribution in [0.15, 0.2) is 51.9 Å². The molecule has 1 saturated heterocycles. The van der Waals surface area contributed by atoms with E-state index in [4.69, 9.17) is 13.9 Å². The van der Waals surface area contributed by atoms with Crippen molar-refractivity contribution in [3.8, 4) is 5.75 Å². The van der Waals surface area contributed by atoms with Crippen LogP contribution in [0.5, 0.6) is 5.75 Å². The SMILES string of the molecule is COc1ccc2c(=O)c3c(oc2c1)C(=O)N(CCN1CCOCC1)C3c1cccnc1. The molecule has 1 unspecified atom stereocenters. The van der Waals surface area contributed by atoms with Gasteiger partial charge in [-0.1, -0.05) is 6.07 Å². The highest BCUT2D eigenvalue weighted by Gasteiger charge is 2.42. The van der Waals surface area contributed by atoms with E-state index in [2.05, 4.69) is 9.88 Å². The Kier molecular flexibility index (Phi) is 5.17. The Balaban J connectivity index is 1.59. The first-order chi connectivity index (χ1) is 15.2. The van der Waals surface area contributed by atoms with Crippen LogP contribution in [0.4, 0.5) is 0 Å². The summed E-state index contributed by atoms with van der Waals surface area (Å²) in [4.78, 5) is 35.1. The predicted octanol–water partition coefficient (Wildman–Crippen LogP) is 2.07. The smallest absolute Gasteiger partial charge is 0.290 e. The van der Waals surface area contributed by atoms with Crippen LogP contribution in [0.3, 0.4) is 0 Å². The Bertz CT molecular complexity index is 1170. The molecular formula is C23H23N3O5. The van der Waals surface area contributed by atoms with Gasteiger partial charge < -0.3 is 18.8 Å². The lowest BCUT2D eigenvalue weighted by Crippen LogP contribution is -2.42. The summed E-state index contributed by atoms with van der Waals surface area (Å²) in [5.74, 6) is 0.384. The molecule has 1 aromatic carbocycles. The van der Waals surface area contributed by atoms with E-state index in [-0.39, 0.29) is 17.1 Å². The molecule has 8 heteroatoms. The largest absolute Gasteiger partial charge is 0.497 e. The van der Waals surface area contributed by atoms with Crippen molar-refractivity contribution in [3.05, 3.63) is 69.8 Å². The third-order valence-corrected chi connectivity index (χ3v) is 5.94. The van der Waals surface area contributed by atoms with E-state index in [1.165, 1.54) is 0 Å². The number of methoxy groups -OCH3 is 1. The summed E-state index contributed by atoms with van der Waals surface area (Å²) in [5, 5.41) is 0.427. The van der Waals surface area contributed by atoms with Gasteiger partial charge in [-0.3, -0.25) is 19.5 Å². The molecule has 0 bridgehead atoms. The number of amides is 1. The summed E-state index contributed by atoms with van der Waals surface area (Å²) >= 11 is 0. The van der Waals surface area contributed by atoms with Crippen molar-refractivity contribution in [1.82, 2.24) is 14.8 Å². The predicted molar refractivity (Wildman–Crippen MR) is 113 cm³/mol. The van der Waals surface area contributed by atoms with E-state index in [0.717, 1.165) is 18.7 Å². The maximum atomic E-state index is 13.5. The minimum atomic E-state index is -0.528. The molecular weight excluding hydrogens is 398 g/mol. The van der Waals surface area contributed by atoms with Gasteiger partial charge in [-0.15, -0.1) is 0 Å². The molecule has 0 spiro atoms. The highest BCUT2D eigenvalue weighted by Crippen LogP contribution is 2.38. The third-order valence-electron chi connectivity index (χ3n) is 5.94. The Hall–Kier alpha value is -3.23. The summed E-state index contributed by atoms with van der Waals surface area (Å²) in [6, 6.07) is 8.21. The van der Waals surface area contributed by atoms with Crippen molar-refractivity contribution in [1.29, 1.82) is 0 Å². The van der Waals surface area contributed by atoms with E-state index in [0.29, 0.717) is 48.6 Å². The van der Waals surface area contributed by atoms with Crippen molar-refractivity contribution >= 4 is 16.9 Å². The summed E-state index contributed by atoms with van der Waals surface area (Å²) in [7, 11) is 1.55. The van der Waals surface area contributed by atoms with Gasteiger partial charge in [0.25, 0.3) is 5.91 Å². The van der Waals surface area contributed by atoms with Crippen molar-refractivity contribution < 1.29 is 18.7 Å². The number of hydrogen-bond donors (Lipinski definition) is 0. The van der Waals surface area contributed by atoms with Crippen LogP contribution in [0.1, 0.15) is 27.7 Å². The number of rotatable bonds is 5. The van der Waals surface area contributed by atoms with Crippen molar-refractivity contribution in [2.45, 2.75) is 6.04 Å². The average Bonchev–Trinajstić information content (AvgIpc) is 3.10. The Morgan fingerprint density at radius 1 is 1.16 bits per heavy atom. The summed E-state index contributed by atoms with van der Waals surface area (Å²) in [5.41, 5.74) is 1.31. The molecule has 0 N–H and O–H groups in total. The van der Waals surface area contributed by atoms with Gasteiger partial charge in [0, 0.05) is 44.6 Å². The number of carbonyl (C=O) groups is 1. The molecule has 2 aliphatic rings. The highest BCUT2D eigenvalue weighted by molar-refractivity contribution is 5.99. The molecule has 0 aliphatic carbocycles. The number of hydrogen-bond acceptors (Lipinski definition) is 7. The first-order valence-corrected chi connectivity index (χ1v) is 10.3. The summed E-state index contributed by atoms with van der Waals surface area (Å²) in [6.07, 6.45) is 3.38. The molecule has 2 aromatic heterocycles. The Morgan fingerprint density at radius 3 is 2.74 bits per heavy atom. The van der Waals surface area contributed by atoms with Gasteiger partial charge in [-0.2, -0.15) is 0 Å². The molecule has 8 nitrogen and oxygen atoms in total. The number of fused-ring (bicyclic) bond motifs is 2. The van der Waals surface area contributed by atoms with E-state index >= 15 is 0 Å². The molecule has 3 aromatic rings. The second-order valence-electron chi connectivity index (χ2n) is 7.68. The lowest BCUT2D eigenvalue weighted by atomic mass is 10.00. The first kappa shape index (κ1) is 19.7. The zero-order valence-electron chi connectivity index (χ0n) is 17.2. The third kappa shape index (κ3) is 3.47. The van der Waals surface area contributed by atoms with Crippen LogP contribution < -0.4 is 10.2 Å². The second kappa shape index (κ2) is 8.13. The molecule has 160 valence electrons. The molecule has 0 saturated carbocycles. The van der Waals surface area contributed by atoms with Crippen LogP contribution in [0, 0.1) is 0 Å². The van der Waals surface area contributed by atoms with Crippen LogP contribution in [0.2, 0.25) is 0 Å². The minimum absolute atomic E-state index is 0.0987. The van der Waals surface area contributed by atoms with Gasteiger partial charge in [-0.05, 0) is 23.8 Å². The normalized spacial score (nSPS) is 19.1. The minimum Gasteiger partial charge on any atom is -0.497 e. The number of nitrogens with zero attached hydrogens (tertiary/aromatic N) is 3. The van der Waals surface area contributed by atoms with E-state index in [9.17, 15) is 9.59 Å². The number of morpholine rings is 1. The van der Waals surface area contributed by atoms with Crippen molar-refractivity contribution in [2.24, 2.45) is 0 Å². The van der Waals surface area contributed by atoms with Gasteiger partial charge in [-0.25, -0.2) is 0 Å². The van der Waals surface area contributed by atoms with E-state index < -0.39 is 6.04 Å². The van der Waals surface area contributed by atoms with Gasteiger partial charge in [0.15, 0.2) is 5.43 Å². The summed E-state index contributed by atoms with van der Waals surface area (Å²) in [6.45, 7) is 4.20. The van der Waals surface area contributed by atoms with Gasteiger partial charge in [0.1, 0.15) is 11.3 Å². The molecule has 4 heterocycles. The molecule has 2 aliphatic heterocycles. The lowest BCUT2D eigenvalue weighted by molar-refractivity contribution is 0.0314. The standard InChI is InChI=1S/C23H23N3O5/c1-29-16-4-5-17-18(13-16)31-22-19(21(17)27)20(15-3-2-6-24-14-15)26(23(22)28)8-7-25-9-11-30-12-10-25/h2-6,13-14,20H,7-12H2,1H3. The average molecular weight is 421 g/mol. The number of aromatic nitrogens is 1. The zero-order valence-corrected chi connectivity index (χ0v) is 17.2. The maximum absolute atomic E-state index is 13.5. The zero-order chi connectivity index (χ0) is 21.4. The monoisotopic (exact) mass is 421 g/mol. The fourth-order valence-electron chi connectivity index (χ4n) is 4.31. The van der Waals surface area contributed by atoms with Gasteiger partial charge in [0.2, 0.25) is 5.76 Å². The quantitative estimate of drug-likeness (QED) is 0.624. The summed E-state index contributed by atoms with van der Waals surface area (Å²) < 4.78 is 16.6. The Morgan fingerprint density at radius 2 is 2.00 bits per heavy atom. The second-order valence-corrected chi connectivity index (χ2v) is 7.68. The Labute approximate surface area is 179 Å². The van der Waals surface area contributed by atoms with Crippen LogP contribution in [-0.4, -0.2) is 67.2 Å². The highest BCUT2D eigenvalue weighted by atomic mass is 16.5. The fourth-order valence-corrected chi connectivity index (χ4v) is 4.31. The maximum Gasteiger partial charge on any atom is 0.290 e. The van der Waals surface area contributed by atoms with Gasteiger partial charge >= 0.3 is 0 Å².